The minimum absolute atomic E-state index is 0.0106. The zero-order valence-electron chi connectivity index (χ0n) is 19.2. The van der Waals surface area contributed by atoms with Gasteiger partial charge in [0.25, 0.3) is 12.4 Å². The number of carbonyl (C=O) groups excluding carboxylic acids is 2. The lowest BCUT2D eigenvalue weighted by atomic mass is 10.0. The highest BCUT2D eigenvalue weighted by Gasteiger charge is 2.35. The highest BCUT2D eigenvalue weighted by atomic mass is 35.5. The van der Waals surface area contributed by atoms with Crippen LogP contribution < -0.4 is 5.32 Å². The Kier molecular flexibility index (Phi) is 7.95. The molecule has 11 heteroatoms. The van der Waals surface area contributed by atoms with Gasteiger partial charge in [-0.15, -0.1) is 0 Å². The van der Waals surface area contributed by atoms with Gasteiger partial charge in [0.2, 0.25) is 0 Å². The van der Waals surface area contributed by atoms with E-state index in [1.165, 1.54) is 0 Å². The summed E-state index contributed by atoms with van der Waals surface area (Å²) in [5.41, 5.74) is 0.341. The van der Waals surface area contributed by atoms with E-state index in [0.29, 0.717) is 36.4 Å². The molecule has 0 atom stereocenters. The third-order valence-electron chi connectivity index (χ3n) is 6.04. The second kappa shape index (κ2) is 11.1. The fourth-order valence-corrected chi connectivity index (χ4v) is 4.34. The average molecular weight is 521 g/mol. The zero-order valence-corrected chi connectivity index (χ0v) is 19.9. The van der Waals surface area contributed by atoms with Crippen LogP contribution in [0.3, 0.4) is 0 Å². The number of halogens is 4. The van der Waals surface area contributed by atoms with Crippen molar-refractivity contribution in [2.75, 3.05) is 26.2 Å². The Balaban J connectivity index is 1.47. The van der Waals surface area contributed by atoms with E-state index in [1.807, 2.05) is 0 Å². The molecule has 1 N–H and O–H groups in total. The van der Waals surface area contributed by atoms with Crippen LogP contribution in [0.4, 0.5) is 13.2 Å². The molecule has 2 heterocycles. The number of aromatic nitrogens is 2. The summed E-state index contributed by atoms with van der Waals surface area (Å²) in [6.45, 7) is 2.98. The van der Waals surface area contributed by atoms with Crippen LogP contribution in [0.5, 0.6) is 0 Å². The summed E-state index contributed by atoms with van der Waals surface area (Å²) in [5, 5.41) is 7.02. The number of hydrogen-bond acceptors (Lipinski definition) is 5. The first-order valence-electron chi connectivity index (χ1n) is 11.4. The Labute approximate surface area is 210 Å². The van der Waals surface area contributed by atoms with Crippen LogP contribution in [0.15, 0.2) is 54.6 Å². The minimum Gasteiger partial charge on any atom is -0.467 e. The van der Waals surface area contributed by atoms with Crippen molar-refractivity contribution in [1.29, 1.82) is 0 Å². The van der Waals surface area contributed by atoms with Gasteiger partial charge in [0.1, 0.15) is 6.61 Å². The molecule has 2 aromatic carbocycles. The average Bonchev–Trinajstić information content (AvgIpc) is 3.32. The molecule has 1 saturated heterocycles. The molecule has 1 aliphatic rings. The SMILES string of the molecule is O=COCCN1CCC(NC(=O)c2ccc(-c3cc(C(F)(F)F)nn3-c3ccccc3Cl)cc2)CC1. The summed E-state index contributed by atoms with van der Waals surface area (Å²) in [5.74, 6) is -0.250. The molecule has 1 aromatic heterocycles. The normalized spacial score (nSPS) is 15.0. The number of benzene rings is 2. The fraction of sp³-hybridized carbons (Fsp3) is 0.320. The van der Waals surface area contributed by atoms with Crippen molar-refractivity contribution in [1.82, 2.24) is 20.0 Å². The van der Waals surface area contributed by atoms with E-state index in [-0.39, 0.29) is 22.7 Å². The van der Waals surface area contributed by atoms with Gasteiger partial charge >= 0.3 is 6.18 Å². The van der Waals surface area contributed by atoms with Crippen molar-refractivity contribution >= 4 is 24.0 Å². The van der Waals surface area contributed by atoms with E-state index >= 15 is 0 Å². The van der Waals surface area contributed by atoms with E-state index in [1.54, 1.807) is 48.5 Å². The van der Waals surface area contributed by atoms with Crippen molar-refractivity contribution in [3.8, 4) is 16.9 Å². The van der Waals surface area contributed by atoms with Crippen molar-refractivity contribution in [2.45, 2.75) is 25.1 Å². The van der Waals surface area contributed by atoms with E-state index in [4.69, 9.17) is 16.3 Å². The number of piperidine rings is 1. The van der Waals surface area contributed by atoms with Crippen LogP contribution in [-0.2, 0) is 15.7 Å². The predicted molar refractivity (Wildman–Crippen MR) is 128 cm³/mol. The molecular formula is C25H24ClF3N4O3. The summed E-state index contributed by atoms with van der Waals surface area (Å²) >= 11 is 6.22. The van der Waals surface area contributed by atoms with E-state index in [0.717, 1.165) is 36.7 Å². The Bertz CT molecular complexity index is 1210. The van der Waals surface area contributed by atoms with Gasteiger partial charge < -0.3 is 10.1 Å². The van der Waals surface area contributed by atoms with Crippen LogP contribution >= 0.6 is 11.6 Å². The van der Waals surface area contributed by atoms with Gasteiger partial charge in [0, 0.05) is 36.8 Å². The maximum absolute atomic E-state index is 13.4. The maximum Gasteiger partial charge on any atom is 0.435 e. The molecule has 190 valence electrons. The maximum atomic E-state index is 13.4. The molecule has 0 radical (unpaired) electrons. The van der Waals surface area contributed by atoms with Gasteiger partial charge in [0.05, 0.1) is 16.4 Å². The number of likely N-dealkylation sites (tertiary alicyclic amines) is 1. The summed E-state index contributed by atoms with van der Waals surface area (Å²) in [6, 6.07) is 13.8. The van der Waals surface area contributed by atoms with E-state index < -0.39 is 11.9 Å². The summed E-state index contributed by atoms with van der Waals surface area (Å²) < 4.78 is 46.2. The lowest BCUT2D eigenvalue weighted by Gasteiger charge is -2.32. The molecule has 7 nitrogen and oxygen atoms in total. The first kappa shape index (κ1) is 25.7. The van der Waals surface area contributed by atoms with Crippen LogP contribution in [0, 0.1) is 0 Å². The number of carbonyl (C=O) groups is 2. The lowest BCUT2D eigenvalue weighted by Crippen LogP contribution is -2.45. The van der Waals surface area contributed by atoms with Gasteiger partial charge in [-0.1, -0.05) is 35.9 Å². The smallest absolute Gasteiger partial charge is 0.435 e. The summed E-state index contributed by atoms with van der Waals surface area (Å²) in [7, 11) is 0. The number of alkyl halides is 3. The minimum atomic E-state index is -4.63. The highest BCUT2D eigenvalue weighted by Crippen LogP contribution is 2.34. The number of para-hydroxylation sites is 1. The molecule has 3 aromatic rings. The van der Waals surface area contributed by atoms with E-state index in [9.17, 15) is 22.8 Å². The largest absolute Gasteiger partial charge is 0.467 e. The highest BCUT2D eigenvalue weighted by molar-refractivity contribution is 6.32. The van der Waals surface area contributed by atoms with Crippen molar-refractivity contribution in [2.24, 2.45) is 0 Å². The Hall–Kier alpha value is -3.37. The molecule has 1 amide bonds. The topological polar surface area (TPSA) is 76.5 Å². The Morgan fingerprint density at radius 2 is 1.83 bits per heavy atom. The first-order chi connectivity index (χ1) is 17.3. The summed E-state index contributed by atoms with van der Waals surface area (Å²) in [4.78, 5) is 25.2. The van der Waals surface area contributed by atoms with Crippen LogP contribution in [0.2, 0.25) is 5.02 Å². The van der Waals surface area contributed by atoms with Crippen molar-refractivity contribution in [3.63, 3.8) is 0 Å². The van der Waals surface area contributed by atoms with Gasteiger partial charge in [-0.05, 0) is 43.2 Å². The Morgan fingerprint density at radius 3 is 2.47 bits per heavy atom. The molecule has 0 unspecified atom stereocenters. The fourth-order valence-electron chi connectivity index (χ4n) is 4.12. The van der Waals surface area contributed by atoms with Crippen LogP contribution in [0.1, 0.15) is 28.9 Å². The molecule has 36 heavy (non-hydrogen) atoms. The second-order valence-corrected chi connectivity index (χ2v) is 8.82. The van der Waals surface area contributed by atoms with E-state index in [2.05, 4.69) is 15.3 Å². The molecule has 0 bridgehead atoms. The summed E-state index contributed by atoms with van der Waals surface area (Å²) in [6.07, 6.45) is -3.09. The number of rotatable bonds is 8. The van der Waals surface area contributed by atoms with Crippen LogP contribution in [-0.4, -0.2) is 59.3 Å². The number of amides is 1. The monoisotopic (exact) mass is 520 g/mol. The van der Waals surface area contributed by atoms with Crippen LogP contribution in [0.25, 0.3) is 16.9 Å². The quantitative estimate of drug-likeness (QED) is 0.347. The van der Waals surface area contributed by atoms with Crippen molar-refractivity contribution < 1.29 is 27.5 Å². The van der Waals surface area contributed by atoms with Crippen molar-refractivity contribution in [3.05, 3.63) is 70.9 Å². The molecule has 0 saturated carbocycles. The third-order valence-corrected chi connectivity index (χ3v) is 6.36. The number of nitrogens with zero attached hydrogens (tertiary/aromatic N) is 3. The predicted octanol–water partition coefficient (Wildman–Crippen LogP) is 4.58. The van der Waals surface area contributed by atoms with Gasteiger partial charge in [0.15, 0.2) is 5.69 Å². The zero-order chi connectivity index (χ0) is 25.7. The number of hydrogen-bond donors (Lipinski definition) is 1. The molecule has 1 aliphatic heterocycles. The second-order valence-electron chi connectivity index (χ2n) is 8.41. The molecular weight excluding hydrogens is 497 g/mol. The molecule has 4 rings (SSSR count). The van der Waals surface area contributed by atoms with Gasteiger partial charge in [-0.2, -0.15) is 18.3 Å². The number of nitrogens with one attached hydrogen (secondary N) is 1. The molecule has 0 aliphatic carbocycles. The lowest BCUT2D eigenvalue weighted by molar-refractivity contribution is -0.141. The first-order valence-corrected chi connectivity index (χ1v) is 11.7. The molecule has 1 fully saturated rings. The Morgan fingerprint density at radius 1 is 1.14 bits per heavy atom. The molecule has 0 spiro atoms. The third kappa shape index (κ3) is 6.06. The van der Waals surface area contributed by atoms with Gasteiger partial charge in [-0.25, -0.2) is 4.68 Å². The number of ether oxygens (including phenoxy) is 1. The van der Waals surface area contributed by atoms with Gasteiger partial charge in [-0.3, -0.25) is 14.5 Å². The standard InChI is InChI=1S/C25H24ClF3N4O3/c26-20-3-1-2-4-21(20)33-22(15-23(31-33)25(27,28)29)17-5-7-18(8-6-17)24(35)30-19-9-11-32(12-10-19)13-14-36-16-34/h1-8,15-16,19H,9-14H2,(H,30,35).